The first-order valence-electron chi connectivity index (χ1n) is 12.1. The highest BCUT2D eigenvalue weighted by Gasteiger charge is 2.34. The van der Waals surface area contributed by atoms with E-state index in [0.29, 0.717) is 6.04 Å². The van der Waals surface area contributed by atoms with Crippen LogP contribution in [0.5, 0.6) is 0 Å². The van der Waals surface area contributed by atoms with Crippen molar-refractivity contribution < 1.29 is 0 Å². The third kappa shape index (κ3) is 4.18. The fourth-order valence-electron chi connectivity index (χ4n) is 5.51. The van der Waals surface area contributed by atoms with Crippen LogP contribution in [0.25, 0.3) is 33.1 Å². The second-order valence-corrected chi connectivity index (χ2v) is 10.1. The van der Waals surface area contributed by atoms with Crippen molar-refractivity contribution in [2.45, 2.75) is 44.6 Å². The van der Waals surface area contributed by atoms with Gasteiger partial charge >= 0.3 is 0 Å². The summed E-state index contributed by atoms with van der Waals surface area (Å²) < 4.78 is 0. The van der Waals surface area contributed by atoms with E-state index in [1.54, 1.807) is 11.3 Å². The summed E-state index contributed by atoms with van der Waals surface area (Å²) in [5, 5.41) is 2.11. The minimum Gasteiger partial charge on any atom is -0.353 e. The molecule has 0 radical (unpaired) electrons. The predicted octanol–water partition coefficient (Wildman–Crippen LogP) is 7.09. The summed E-state index contributed by atoms with van der Waals surface area (Å²) in [5.41, 5.74) is 4.18. The molecule has 1 aliphatic carbocycles. The molecule has 2 unspecified atom stereocenters. The molecule has 1 saturated carbocycles. The smallest absolute Gasteiger partial charge is 0.162 e. The van der Waals surface area contributed by atoms with Crippen LogP contribution in [-0.4, -0.2) is 27.5 Å². The Labute approximate surface area is 199 Å². The van der Waals surface area contributed by atoms with E-state index in [9.17, 15) is 0 Å². The highest BCUT2D eigenvalue weighted by molar-refractivity contribution is 7.13. The van der Waals surface area contributed by atoms with Crippen molar-refractivity contribution >= 4 is 17.2 Å². The molecule has 6 rings (SSSR count). The molecule has 4 aromatic rings. The average molecular weight is 453 g/mol. The molecule has 0 spiro atoms. The number of rotatable bonds is 4. The largest absolute Gasteiger partial charge is 0.353 e. The number of hydrogen-bond donors (Lipinski definition) is 0. The summed E-state index contributed by atoms with van der Waals surface area (Å²) >= 11 is 1.74. The lowest BCUT2D eigenvalue weighted by Gasteiger charge is -2.45. The van der Waals surface area contributed by atoms with Crippen molar-refractivity contribution in [2.24, 2.45) is 5.92 Å². The minimum atomic E-state index is 0.606. The van der Waals surface area contributed by atoms with Gasteiger partial charge in [0.25, 0.3) is 0 Å². The van der Waals surface area contributed by atoms with Crippen molar-refractivity contribution in [2.75, 3.05) is 11.4 Å². The molecule has 2 aliphatic rings. The van der Waals surface area contributed by atoms with E-state index in [0.717, 1.165) is 46.5 Å². The van der Waals surface area contributed by atoms with Gasteiger partial charge in [-0.3, -0.25) is 4.98 Å². The van der Waals surface area contributed by atoms with E-state index in [1.165, 1.54) is 43.4 Å². The van der Waals surface area contributed by atoms with Crippen LogP contribution in [0.1, 0.15) is 38.5 Å². The number of fused-ring (bicyclic) bond motifs is 1. The van der Waals surface area contributed by atoms with E-state index in [-0.39, 0.29) is 0 Å². The van der Waals surface area contributed by atoms with Crippen LogP contribution >= 0.6 is 11.3 Å². The van der Waals surface area contributed by atoms with E-state index in [2.05, 4.69) is 63.8 Å². The number of benzene rings is 1. The minimum absolute atomic E-state index is 0.606. The maximum atomic E-state index is 5.11. The Morgan fingerprint density at radius 1 is 0.788 bits per heavy atom. The van der Waals surface area contributed by atoms with Crippen LogP contribution in [0.3, 0.4) is 0 Å². The maximum Gasteiger partial charge on any atom is 0.162 e. The summed E-state index contributed by atoms with van der Waals surface area (Å²) in [4.78, 5) is 18.5. The zero-order valence-corrected chi connectivity index (χ0v) is 19.5. The fourth-order valence-corrected chi connectivity index (χ4v) is 6.22. The number of pyridine rings is 1. The van der Waals surface area contributed by atoms with E-state index < -0.39 is 0 Å². The average Bonchev–Trinajstić information content (AvgIpc) is 3.44. The van der Waals surface area contributed by atoms with Gasteiger partial charge < -0.3 is 4.90 Å². The zero-order valence-electron chi connectivity index (χ0n) is 18.7. The Morgan fingerprint density at radius 3 is 2.52 bits per heavy atom. The van der Waals surface area contributed by atoms with Gasteiger partial charge in [0.1, 0.15) is 5.82 Å². The lowest BCUT2D eigenvalue weighted by Crippen LogP contribution is -2.47. The number of piperidine rings is 1. The van der Waals surface area contributed by atoms with Gasteiger partial charge in [0, 0.05) is 52.6 Å². The zero-order chi connectivity index (χ0) is 22.0. The Balaban J connectivity index is 1.46. The quantitative estimate of drug-likeness (QED) is 0.331. The van der Waals surface area contributed by atoms with Crippen molar-refractivity contribution in [1.82, 2.24) is 15.0 Å². The molecule has 33 heavy (non-hydrogen) atoms. The highest BCUT2D eigenvalue weighted by Crippen LogP contribution is 2.38. The van der Waals surface area contributed by atoms with Gasteiger partial charge in [-0.25, -0.2) is 9.97 Å². The lowest BCUT2D eigenvalue weighted by atomic mass is 9.78. The molecule has 2 fully saturated rings. The van der Waals surface area contributed by atoms with Gasteiger partial charge in [0.15, 0.2) is 5.82 Å². The van der Waals surface area contributed by atoms with Crippen molar-refractivity contribution in [3.8, 4) is 33.1 Å². The van der Waals surface area contributed by atoms with Gasteiger partial charge in [0.05, 0.1) is 5.69 Å². The normalized spacial score (nSPS) is 20.4. The number of anilines is 1. The molecular weight excluding hydrogens is 424 g/mol. The Hall–Kier alpha value is -3.05. The van der Waals surface area contributed by atoms with Gasteiger partial charge in [-0.05, 0) is 49.1 Å². The molecule has 0 amide bonds. The van der Waals surface area contributed by atoms with Crippen LogP contribution in [0, 0.1) is 5.92 Å². The summed E-state index contributed by atoms with van der Waals surface area (Å²) in [5.74, 6) is 2.66. The highest BCUT2D eigenvalue weighted by atomic mass is 32.1. The van der Waals surface area contributed by atoms with Crippen molar-refractivity contribution in [3.63, 3.8) is 0 Å². The van der Waals surface area contributed by atoms with Crippen LogP contribution in [0.15, 0.2) is 72.4 Å². The van der Waals surface area contributed by atoms with E-state index in [4.69, 9.17) is 9.97 Å². The van der Waals surface area contributed by atoms with E-state index in [1.807, 2.05) is 18.5 Å². The second-order valence-electron chi connectivity index (χ2n) is 9.19. The molecule has 3 aromatic heterocycles. The van der Waals surface area contributed by atoms with Crippen LogP contribution in [0.4, 0.5) is 5.82 Å². The molecule has 1 saturated heterocycles. The van der Waals surface area contributed by atoms with Gasteiger partial charge in [-0.2, -0.15) is 0 Å². The molecule has 0 bridgehead atoms. The van der Waals surface area contributed by atoms with Crippen LogP contribution < -0.4 is 4.90 Å². The number of nitrogens with zero attached hydrogens (tertiary/aromatic N) is 4. The lowest BCUT2D eigenvalue weighted by molar-refractivity contribution is 0.243. The van der Waals surface area contributed by atoms with Crippen LogP contribution in [-0.2, 0) is 0 Å². The SMILES string of the molecule is c1ccc(-c2nc(-c3cncc(-c4cccs4)c3)cc(N3CCCC4CCCCC43)n2)cc1. The maximum absolute atomic E-state index is 5.11. The topological polar surface area (TPSA) is 41.9 Å². The Kier molecular flexibility index (Phi) is 5.64. The predicted molar refractivity (Wildman–Crippen MR) is 136 cm³/mol. The standard InChI is InChI=1S/C28H28N4S/c1-2-9-21(10-3-1)28-30-24(22-16-23(19-29-18-22)26-13-7-15-33-26)17-27(31-28)32-14-6-11-20-8-4-5-12-25(20)32/h1-3,7,9-10,13,15-20,25H,4-6,8,11-12,14H2. The molecule has 1 aromatic carbocycles. The first kappa shape index (κ1) is 20.5. The van der Waals surface area contributed by atoms with Gasteiger partial charge in [0.2, 0.25) is 0 Å². The van der Waals surface area contributed by atoms with Crippen LogP contribution in [0.2, 0.25) is 0 Å². The number of aromatic nitrogens is 3. The van der Waals surface area contributed by atoms with E-state index >= 15 is 0 Å². The second kappa shape index (κ2) is 9.06. The summed E-state index contributed by atoms with van der Waals surface area (Å²) in [6.07, 6.45) is 11.8. The number of hydrogen-bond acceptors (Lipinski definition) is 5. The third-order valence-electron chi connectivity index (χ3n) is 7.12. The first-order chi connectivity index (χ1) is 16.3. The fraction of sp³-hybridized carbons (Fsp3) is 0.321. The summed E-state index contributed by atoms with van der Waals surface area (Å²) in [6.45, 7) is 1.08. The van der Waals surface area contributed by atoms with Crippen molar-refractivity contribution in [3.05, 3.63) is 72.4 Å². The van der Waals surface area contributed by atoms with Gasteiger partial charge in [-0.15, -0.1) is 11.3 Å². The van der Waals surface area contributed by atoms with Gasteiger partial charge in [-0.1, -0.05) is 49.2 Å². The Bertz CT molecular complexity index is 1220. The number of thiophene rings is 1. The van der Waals surface area contributed by atoms with Crippen molar-refractivity contribution in [1.29, 1.82) is 0 Å². The molecule has 2 atom stereocenters. The molecule has 166 valence electrons. The molecule has 4 nitrogen and oxygen atoms in total. The monoisotopic (exact) mass is 452 g/mol. The molecule has 4 heterocycles. The third-order valence-corrected chi connectivity index (χ3v) is 8.04. The molecule has 5 heteroatoms. The summed E-state index contributed by atoms with van der Waals surface area (Å²) in [7, 11) is 0. The molecule has 0 N–H and O–H groups in total. The summed E-state index contributed by atoms with van der Waals surface area (Å²) in [6, 6.07) is 19.6. The first-order valence-corrected chi connectivity index (χ1v) is 12.9. The molecular formula is C28H28N4S. The molecule has 1 aliphatic heterocycles. The Morgan fingerprint density at radius 2 is 1.64 bits per heavy atom.